The lowest BCUT2D eigenvalue weighted by Gasteiger charge is -2.02. The molecule has 0 aromatic heterocycles. The second-order valence-corrected chi connectivity index (χ2v) is 7.59. The molecule has 2 rings (SSSR count). The summed E-state index contributed by atoms with van der Waals surface area (Å²) < 4.78 is 0. The Bertz CT molecular complexity index is 449. The number of fused-ring (bicyclic) bond motifs is 1. The van der Waals surface area contributed by atoms with Crippen molar-refractivity contribution >= 4 is 10.8 Å². The lowest BCUT2D eigenvalue weighted by atomic mass is 10.0. The Morgan fingerprint density at radius 2 is 0.615 bits per heavy atom. The van der Waals surface area contributed by atoms with E-state index in [2.05, 4.69) is 62.4 Å². The summed E-state index contributed by atoms with van der Waals surface area (Å²) in [6.07, 6.45) is 20.4. The van der Waals surface area contributed by atoms with Gasteiger partial charge in [-0.1, -0.05) is 152 Å². The molecule has 2 aromatic carbocycles. The molecule has 0 unspecified atom stereocenters. The van der Waals surface area contributed by atoms with Gasteiger partial charge in [0.25, 0.3) is 0 Å². The number of hydrogen-bond acceptors (Lipinski definition) is 0. The summed E-state index contributed by atoms with van der Waals surface area (Å²) in [4.78, 5) is 0. The Balaban J connectivity index is 0.000000284. The van der Waals surface area contributed by atoms with Crippen LogP contribution in [0.2, 0.25) is 0 Å². The van der Waals surface area contributed by atoms with Crippen molar-refractivity contribution in [3.8, 4) is 0 Å². The monoisotopic (exact) mass is 354 g/mol. The first-order valence-electron chi connectivity index (χ1n) is 11.3. The van der Waals surface area contributed by atoms with E-state index in [-0.39, 0.29) is 0 Å². The summed E-state index contributed by atoms with van der Waals surface area (Å²) in [5.41, 5.74) is 0. The van der Waals surface area contributed by atoms with Crippen molar-refractivity contribution in [3.63, 3.8) is 0 Å². The third-order valence-corrected chi connectivity index (χ3v) is 5.12. The number of unbranched alkanes of at least 4 members (excludes halogenated alkanes) is 13. The topological polar surface area (TPSA) is 0 Å². The van der Waals surface area contributed by atoms with E-state index in [4.69, 9.17) is 0 Å². The molecule has 0 spiro atoms. The van der Waals surface area contributed by atoms with Crippen molar-refractivity contribution in [2.45, 2.75) is 104 Å². The normalized spacial score (nSPS) is 10.5. The first-order chi connectivity index (χ1) is 12.9. The average molecular weight is 355 g/mol. The molecule has 0 saturated heterocycles. The fourth-order valence-corrected chi connectivity index (χ4v) is 3.40. The van der Waals surface area contributed by atoms with Crippen molar-refractivity contribution in [1.82, 2.24) is 0 Å². The Labute approximate surface area is 163 Å². The largest absolute Gasteiger partial charge is 0.0654 e. The molecular formula is C26H42. The van der Waals surface area contributed by atoms with Crippen LogP contribution in [0.3, 0.4) is 0 Å². The minimum Gasteiger partial charge on any atom is -0.0654 e. The summed E-state index contributed by atoms with van der Waals surface area (Å²) in [6, 6.07) is 16.7. The average Bonchev–Trinajstić information content (AvgIpc) is 2.69. The molecule has 0 saturated carbocycles. The zero-order valence-electron chi connectivity index (χ0n) is 17.5. The van der Waals surface area contributed by atoms with Gasteiger partial charge in [-0.05, 0) is 10.8 Å². The molecule has 0 aliphatic heterocycles. The van der Waals surface area contributed by atoms with E-state index in [1.165, 1.54) is 101 Å². The van der Waals surface area contributed by atoms with E-state index in [1.54, 1.807) is 0 Å². The van der Waals surface area contributed by atoms with Gasteiger partial charge in [-0.15, -0.1) is 0 Å². The number of rotatable bonds is 13. The molecule has 146 valence electrons. The SMILES string of the molecule is CCCCCCCCCCCCCCCC.c1ccc2ccccc2c1. The first-order valence-corrected chi connectivity index (χ1v) is 11.3. The maximum atomic E-state index is 2.29. The van der Waals surface area contributed by atoms with E-state index >= 15 is 0 Å². The summed E-state index contributed by atoms with van der Waals surface area (Å²) in [6.45, 7) is 4.58. The molecule has 0 fully saturated rings. The highest BCUT2D eigenvalue weighted by Gasteiger charge is 1.92. The van der Waals surface area contributed by atoms with Gasteiger partial charge in [-0.25, -0.2) is 0 Å². The van der Waals surface area contributed by atoms with E-state index in [9.17, 15) is 0 Å². The summed E-state index contributed by atoms with van der Waals surface area (Å²) >= 11 is 0. The standard InChI is InChI=1S/C16H34.C10H8/c1-3-5-7-9-11-13-15-16-14-12-10-8-6-4-2;1-2-6-10-8-4-3-7-9(10)5-1/h3-16H2,1-2H3;1-8H. The van der Waals surface area contributed by atoms with Gasteiger partial charge < -0.3 is 0 Å². The summed E-state index contributed by atoms with van der Waals surface area (Å²) in [5, 5.41) is 2.62. The molecule has 0 aliphatic rings. The molecule has 0 aliphatic carbocycles. The van der Waals surface area contributed by atoms with Crippen LogP contribution in [0.25, 0.3) is 10.8 Å². The van der Waals surface area contributed by atoms with Crippen molar-refractivity contribution < 1.29 is 0 Å². The minimum absolute atomic E-state index is 1.31. The predicted molar refractivity (Wildman–Crippen MR) is 120 cm³/mol. The van der Waals surface area contributed by atoms with Crippen molar-refractivity contribution in [3.05, 3.63) is 48.5 Å². The lowest BCUT2D eigenvalue weighted by Crippen LogP contribution is -1.82. The molecule has 0 amide bonds. The van der Waals surface area contributed by atoms with Gasteiger partial charge in [0.05, 0.1) is 0 Å². The molecule has 0 heterocycles. The third kappa shape index (κ3) is 12.1. The van der Waals surface area contributed by atoms with E-state index in [1.807, 2.05) is 0 Å². The van der Waals surface area contributed by atoms with Gasteiger partial charge >= 0.3 is 0 Å². The minimum atomic E-state index is 1.31. The molecule has 0 nitrogen and oxygen atoms in total. The van der Waals surface area contributed by atoms with Crippen molar-refractivity contribution in [2.75, 3.05) is 0 Å². The van der Waals surface area contributed by atoms with Gasteiger partial charge in [0.15, 0.2) is 0 Å². The Kier molecular flexibility index (Phi) is 15.0. The summed E-state index contributed by atoms with van der Waals surface area (Å²) in [5.74, 6) is 0. The number of hydrogen-bond donors (Lipinski definition) is 0. The zero-order chi connectivity index (χ0) is 18.7. The summed E-state index contributed by atoms with van der Waals surface area (Å²) in [7, 11) is 0. The van der Waals surface area contributed by atoms with Crippen LogP contribution in [0.4, 0.5) is 0 Å². The Morgan fingerprint density at radius 3 is 0.846 bits per heavy atom. The van der Waals surface area contributed by atoms with Crippen molar-refractivity contribution in [1.29, 1.82) is 0 Å². The first kappa shape index (κ1) is 22.7. The predicted octanol–water partition coefficient (Wildman–Crippen LogP) is 9.33. The lowest BCUT2D eigenvalue weighted by molar-refractivity contribution is 0.538. The van der Waals surface area contributed by atoms with Crippen LogP contribution >= 0.6 is 0 Å². The fraction of sp³-hybridized carbons (Fsp3) is 0.615. The van der Waals surface area contributed by atoms with Crippen LogP contribution in [0.1, 0.15) is 104 Å². The maximum Gasteiger partial charge on any atom is -0.0184 e. The second kappa shape index (κ2) is 17.1. The van der Waals surface area contributed by atoms with Crippen LogP contribution in [0.15, 0.2) is 48.5 Å². The quantitative estimate of drug-likeness (QED) is 0.314. The van der Waals surface area contributed by atoms with Crippen LogP contribution in [-0.2, 0) is 0 Å². The third-order valence-electron chi connectivity index (χ3n) is 5.12. The van der Waals surface area contributed by atoms with Gasteiger partial charge in [0.1, 0.15) is 0 Å². The van der Waals surface area contributed by atoms with E-state index in [0.29, 0.717) is 0 Å². The Hall–Kier alpha value is -1.30. The highest BCUT2D eigenvalue weighted by molar-refractivity contribution is 5.81. The maximum absolute atomic E-state index is 2.29. The molecular weight excluding hydrogens is 312 g/mol. The molecule has 0 radical (unpaired) electrons. The molecule has 0 atom stereocenters. The van der Waals surface area contributed by atoms with Gasteiger partial charge in [0.2, 0.25) is 0 Å². The van der Waals surface area contributed by atoms with Crippen LogP contribution in [0, 0.1) is 0 Å². The van der Waals surface area contributed by atoms with Crippen LogP contribution in [-0.4, -0.2) is 0 Å². The van der Waals surface area contributed by atoms with Gasteiger partial charge in [-0.2, -0.15) is 0 Å². The van der Waals surface area contributed by atoms with Crippen LogP contribution in [0.5, 0.6) is 0 Å². The van der Waals surface area contributed by atoms with E-state index in [0.717, 1.165) is 0 Å². The Morgan fingerprint density at radius 1 is 0.385 bits per heavy atom. The molecule has 0 heteroatoms. The van der Waals surface area contributed by atoms with E-state index < -0.39 is 0 Å². The number of benzene rings is 2. The molecule has 0 N–H and O–H groups in total. The zero-order valence-corrected chi connectivity index (χ0v) is 17.5. The van der Waals surface area contributed by atoms with Gasteiger partial charge in [-0.3, -0.25) is 0 Å². The molecule has 26 heavy (non-hydrogen) atoms. The molecule has 0 bridgehead atoms. The van der Waals surface area contributed by atoms with Crippen molar-refractivity contribution in [2.24, 2.45) is 0 Å². The fourth-order valence-electron chi connectivity index (χ4n) is 3.40. The second-order valence-electron chi connectivity index (χ2n) is 7.59. The highest BCUT2D eigenvalue weighted by Crippen LogP contribution is 2.13. The highest BCUT2D eigenvalue weighted by atomic mass is 14.0. The smallest absolute Gasteiger partial charge is 0.0184 e. The van der Waals surface area contributed by atoms with Crippen LogP contribution < -0.4 is 0 Å². The van der Waals surface area contributed by atoms with Gasteiger partial charge in [0, 0.05) is 0 Å². The molecule has 2 aromatic rings.